The van der Waals surface area contributed by atoms with E-state index in [0.717, 1.165) is 48.9 Å². The molecular formula is C24H22N4O. The summed E-state index contributed by atoms with van der Waals surface area (Å²) >= 11 is 0. The molecule has 0 radical (unpaired) electrons. The van der Waals surface area contributed by atoms with Crippen LogP contribution in [0.15, 0.2) is 53.3 Å². The van der Waals surface area contributed by atoms with Gasteiger partial charge in [-0.25, -0.2) is 0 Å². The molecule has 1 aliphatic rings. The number of hydrogen-bond donors (Lipinski definition) is 0. The maximum Gasteiger partial charge on any atom is 0.270 e. The molecule has 1 saturated heterocycles. The van der Waals surface area contributed by atoms with E-state index in [4.69, 9.17) is 5.26 Å². The van der Waals surface area contributed by atoms with Crippen LogP contribution in [0.1, 0.15) is 29.5 Å². The third-order valence-electron chi connectivity index (χ3n) is 5.93. The number of hydrogen-bond acceptors (Lipinski definition) is 4. The van der Waals surface area contributed by atoms with Crippen LogP contribution in [0.25, 0.3) is 10.9 Å². The zero-order chi connectivity index (χ0) is 20.4. The van der Waals surface area contributed by atoms with Crippen molar-refractivity contribution in [2.45, 2.75) is 19.3 Å². The lowest BCUT2D eigenvalue weighted by Crippen LogP contribution is -2.36. The molecule has 0 unspecified atom stereocenters. The molecule has 0 spiro atoms. The van der Waals surface area contributed by atoms with Gasteiger partial charge in [0.2, 0.25) is 0 Å². The Morgan fingerprint density at radius 1 is 1.00 bits per heavy atom. The van der Waals surface area contributed by atoms with Gasteiger partial charge >= 0.3 is 0 Å². The largest absolute Gasteiger partial charge is 0.370 e. The highest BCUT2D eigenvalue weighted by atomic mass is 16.1. The van der Waals surface area contributed by atoms with Crippen molar-refractivity contribution in [1.82, 2.24) is 4.57 Å². The summed E-state index contributed by atoms with van der Waals surface area (Å²) in [4.78, 5) is 14.9. The van der Waals surface area contributed by atoms with Gasteiger partial charge in [-0.05, 0) is 48.9 Å². The average molecular weight is 382 g/mol. The second-order valence-corrected chi connectivity index (χ2v) is 7.66. The topological polar surface area (TPSA) is 72.8 Å². The molecule has 2 heterocycles. The molecule has 1 aromatic heterocycles. The number of benzene rings is 2. The fourth-order valence-electron chi connectivity index (χ4n) is 4.32. The summed E-state index contributed by atoms with van der Waals surface area (Å²) in [6.45, 7) is 1.65. The summed E-state index contributed by atoms with van der Waals surface area (Å²) in [6, 6.07) is 19.9. The van der Waals surface area contributed by atoms with Crippen LogP contribution in [0.5, 0.6) is 0 Å². The molecule has 0 aliphatic carbocycles. The summed E-state index contributed by atoms with van der Waals surface area (Å²) in [5.74, 6) is 0.558. The molecule has 29 heavy (non-hydrogen) atoms. The first kappa shape index (κ1) is 18.8. The maximum atomic E-state index is 12.7. The second-order valence-electron chi connectivity index (χ2n) is 7.66. The zero-order valence-electron chi connectivity index (χ0n) is 16.4. The van der Waals surface area contributed by atoms with Gasteiger partial charge in [0.05, 0.1) is 22.8 Å². The molecule has 0 amide bonds. The number of aryl methyl sites for hydroxylation is 1. The maximum absolute atomic E-state index is 12.7. The smallest absolute Gasteiger partial charge is 0.270 e. The van der Waals surface area contributed by atoms with Crippen molar-refractivity contribution in [2.24, 2.45) is 13.0 Å². The molecule has 5 nitrogen and oxygen atoms in total. The highest BCUT2D eigenvalue weighted by Crippen LogP contribution is 2.32. The van der Waals surface area contributed by atoms with Gasteiger partial charge in [0.1, 0.15) is 11.6 Å². The predicted octanol–water partition coefficient (Wildman–Crippen LogP) is 3.74. The average Bonchev–Trinajstić information content (AvgIpc) is 2.77. The van der Waals surface area contributed by atoms with Crippen molar-refractivity contribution in [2.75, 3.05) is 18.0 Å². The molecule has 1 aliphatic heterocycles. The van der Waals surface area contributed by atoms with Crippen molar-refractivity contribution in [3.05, 3.63) is 75.6 Å². The van der Waals surface area contributed by atoms with Crippen LogP contribution >= 0.6 is 0 Å². The Labute approximate surface area is 170 Å². The van der Waals surface area contributed by atoms with Crippen molar-refractivity contribution in [3.8, 4) is 12.1 Å². The highest BCUT2D eigenvalue weighted by Gasteiger charge is 2.25. The van der Waals surface area contributed by atoms with Crippen molar-refractivity contribution >= 4 is 16.6 Å². The third-order valence-corrected chi connectivity index (χ3v) is 5.93. The Morgan fingerprint density at radius 3 is 2.34 bits per heavy atom. The molecule has 144 valence electrons. The summed E-state index contributed by atoms with van der Waals surface area (Å²) < 4.78 is 1.56. The van der Waals surface area contributed by atoms with Crippen molar-refractivity contribution in [1.29, 1.82) is 10.5 Å². The second kappa shape index (κ2) is 7.81. The molecular weight excluding hydrogens is 360 g/mol. The number of nitrogens with zero attached hydrogens (tertiary/aromatic N) is 4. The number of rotatable bonds is 3. The quantitative estimate of drug-likeness (QED) is 0.692. The number of nitriles is 2. The molecule has 4 rings (SSSR count). The van der Waals surface area contributed by atoms with Gasteiger partial charge in [0.15, 0.2) is 0 Å². The van der Waals surface area contributed by atoms with Gasteiger partial charge in [-0.3, -0.25) is 4.79 Å². The number of anilines is 1. The third kappa shape index (κ3) is 3.48. The van der Waals surface area contributed by atoms with Crippen LogP contribution in [-0.4, -0.2) is 17.7 Å². The van der Waals surface area contributed by atoms with Gasteiger partial charge in [-0.1, -0.05) is 30.3 Å². The Balaban J connectivity index is 1.58. The van der Waals surface area contributed by atoms with Crippen LogP contribution < -0.4 is 10.5 Å². The summed E-state index contributed by atoms with van der Waals surface area (Å²) in [7, 11) is 1.72. The van der Waals surface area contributed by atoms with E-state index < -0.39 is 0 Å². The Hall–Kier alpha value is -3.57. The minimum Gasteiger partial charge on any atom is -0.370 e. The molecule has 3 aromatic rings. The normalized spacial score (nSPS) is 14.5. The molecule has 0 atom stereocenters. The van der Waals surface area contributed by atoms with Crippen LogP contribution in [0, 0.1) is 28.6 Å². The van der Waals surface area contributed by atoms with E-state index in [-0.39, 0.29) is 11.1 Å². The van der Waals surface area contributed by atoms with Gasteiger partial charge in [-0.15, -0.1) is 0 Å². The van der Waals surface area contributed by atoms with E-state index in [1.807, 2.05) is 48.5 Å². The van der Waals surface area contributed by atoms with E-state index in [2.05, 4.69) is 17.0 Å². The fraction of sp³-hybridized carbons (Fsp3) is 0.292. The molecule has 1 fully saturated rings. The Bertz CT molecular complexity index is 1190. The lowest BCUT2D eigenvalue weighted by atomic mass is 9.89. The molecule has 0 bridgehead atoms. The molecule has 0 saturated carbocycles. The lowest BCUT2D eigenvalue weighted by molar-refractivity contribution is 0.404. The summed E-state index contributed by atoms with van der Waals surface area (Å²) in [5.41, 5.74) is 3.57. The van der Waals surface area contributed by atoms with E-state index in [9.17, 15) is 10.1 Å². The van der Waals surface area contributed by atoms with Gasteiger partial charge in [0, 0.05) is 25.5 Å². The zero-order valence-corrected chi connectivity index (χ0v) is 16.4. The van der Waals surface area contributed by atoms with E-state index in [0.29, 0.717) is 11.5 Å². The standard InChI is InChI=1S/C24H22N4O/c1-27-22-5-3-2-4-20(22)23(21(16-26)24(27)29)28-12-10-18(11-13-28)14-17-6-8-19(15-25)9-7-17/h2-9,18H,10-14H2,1H3. The number of aromatic nitrogens is 1. The predicted molar refractivity (Wildman–Crippen MR) is 114 cm³/mol. The number of para-hydroxylation sites is 1. The van der Waals surface area contributed by atoms with E-state index >= 15 is 0 Å². The van der Waals surface area contributed by atoms with Crippen LogP contribution in [0.3, 0.4) is 0 Å². The minimum atomic E-state index is -0.235. The number of pyridine rings is 1. The molecule has 5 heteroatoms. The van der Waals surface area contributed by atoms with Gasteiger partial charge in [-0.2, -0.15) is 10.5 Å². The van der Waals surface area contributed by atoms with Gasteiger partial charge in [0.25, 0.3) is 5.56 Å². The Kier molecular flexibility index (Phi) is 5.06. The van der Waals surface area contributed by atoms with Crippen LogP contribution in [0.2, 0.25) is 0 Å². The van der Waals surface area contributed by atoms with Crippen LogP contribution in [0.4, 0.5) is 5.69 Å². The highest BCUT2D eigenvalue weighted by molar-refractivity contribution is 5.94. The van der Waals surface area contributed by atoms with E-state index in [1.165, 1.54) is 5.56 Å². The SMILES string of the molecule is Cn1c(=O)c(C#N)c(N2CCC(Cc3ccc(C#N)cc3)CC2)c2ccccc21. The summed E-state index contributed by atoms with van der Waals surface area (Å²) in [6.07, 6.45) is 3.00. The molecule has 2 aromatic carbocycles. The first-order valence-electron chi connectivity index (χ1n) is 9.88. The monoisotopic (exact) mass is 382 g/mol. The first-order valence-corrected chi connectivity index (χ1v) is 9.88. The van der Waals surface area contributed by atoms with Crippen LogP contribution in [-0.2, 0) is 13.5 Å². The van der Waals surface area contributed by atoms with Crippen molar-refractivity contribution in [3.63, 3.8) is 0 Å². The Morgan fingerprint density at radius 2 is 1.69 bits per heavy atom. The summed E-state index contributed by atoms with van der Waals surface area (Å²) in [5, 5.41) is 19.6. The van der Waals surface area contributed by atoms with Gasteiger partial charge < -0.3 is 9.47 Å². The number of piperidine rings is 1. The lowest BCUT2D eigenvalue weighted by Gasteiger charge is -2.35. The minimum absolute atomic E-state index is 0.233. The first-order chi connectivity index (χ1) is 14.1. The molecule has 0 N–H and O–H groups in total. The van der Waals surface area contributed by atoms with Crippen molar-refractivity contribution < 1.29 is 0 Å². The number of fused-ring (bicyclic) bond motifs is 1. The fourth-order valence-corrected chi connectivity index (χ4v) is 4.32. The van der Waals surface area contributed by atoms with E-state index in [1.54, 1.807) is 11.6 Å².